The van der Waals surface area contributed by atoms with Crippen molar-refractivity contribution in [3.05, 3.63) is 15.8 Å². The van der Waals surface area contributed by atoms with Crippen molar-refractivity contribution >= 4 is 27.3 Å². The Morgan fingerprint density at radius 3 is 2.37 bits per heavy atom. The Morgan fingerprint density at radius 2 is 1.89 bits per heavy atom. The van der Waals surface area contributed by atoms with Crippen molar-refractivity contribution < 1.29 is 18.3 Å². The van der Waals surface area contributed by atoms with Crippen LogP contribution in [0.3, 0.4) is 0 Å². The molecule has 0 spiro atoms. The minimum atomic E-state index is -3.58. The van der Waals surface area contributed by atoms with Crippen LogP contribution in [0.1, 0.15) is 14.5 Å². The van der Waals surface area contributed by atoms with Crippen LogP contribution in [-0.2, 0) is 10.0 Å². The van der Waals surface area contributed by atoms with E-state index in [9.17, 15) is 13.2 Å². The summed E-state index contributed by atoms with van der Waals surface area (Å²) in [5, 5.41) is 8.93. The van der Waals surface area contributed by atoms with E-state index in [2.05, 4.69) is 4.90 Å². The average Bonchev–Trinajstić information content (AvgIpc) is 2.73. The Balaban J connectivity index is 2.32. The number of aromatic carboxylic acids is 1. The molecule has 8 heteroatoms. The lowest BCUT2D eigenvalue weighted by atomic mass is 10.4. The second-order valence-corrected chi connectivity index (χ2v) is 7.71. The minimum absolute atomic E-state index is 0.0604. The Kier molecular flexibility index (Phi) is 3.95. The summed E-state index contributed by atoms with van der Waals surface area (Å²) < 4.78 is 26.4. The van der Waals surface area contributed by atoms with E-state index in [0.717, 1.165) is 11.3 Å². The van der Waals surface area contributed by atoms with Crippen LogP contribution in [0.15, 0.2) is 11.0 Å². The molecular formula is C11H16N2O4S2. The number of thiophene rings is 1. The molecule has 1 aliphatic rings. The van der Waals surface area contributed by atoms with Gasteiger partial charge in [0.1, 0.15) is 4.88 Å². The first kappa shape index (κ1) is 14.4. The van der Waals surface area contributed by atoms with Gasteiger partial charge in [-0.1, -0.05) is 0 Å². The summed E-state index contributed by atoms with van der Waals surface area (Å²) in [6.45, 7) is 3.90. The molecule has 1 saturated heterocycles. The number of carboxylic acids is 1. The van der Waals surface area contributed by atoms with Gasteiger partial charge in [0.25, 0.3) is 0 Å². The number of aryl methyl sites for hydroxylation is 1. The van der Waals surface area contributed by atoms with Gasteiger partial charge in [0.05, 0.1) is 4.90 Å². The number of carboxylic acid groups (broad SMARTS) is 1. The highest BCUT2D eigenvalue weighted by Crippen LogP contribution is 2.28. The van der Waals surface area contributed by atoms with E-state index in [4.69, 9.17) is 5.11 Å². The number of sulfonamides is 1. The standard InChI is InChI=1S/C11H16N2O4S2/c1-8-10(7-9(18-8)11(14)15)19(16,17)13-5-3-12(2)4-6-13/h7H,3-6H2,1-2H3,(H,14,15). The van der Waals surface area contributed by atoms with E-state index < -0.39 is 16.0 Å². The third-order valence-corrected chi connectivity index (χ3v) is 6.36. The Morgan fingerprint density at radius 1 is 1.32 bits per heavy atom. The largest absolute Gasteiger partial charge is 0.477 e. The van der Waals surface area contributed by atoms with Crippen molar-refractivity contribution in [3.8, 4) is 0 Å². The quantitative estimate of drug-likeness (QED) is 0.889. The molecule has 0 bridgehead atoms. The van der Waals surface area contributed by atoms with Gasteiger partial charge in [0.15, 0.2) is 0 Å². The fourth-order valence-electron chi connectivity index (χ4n) is 1.99. The van der Waals surface area contributed by atoms with E-state index in [1.165, 1.54) is 10.4 Å². The van der Waals surface area contributed by atoms with Crippen molar-refractivity contribution in [1.29, 1.82) is 0 Å². The molecular weight excluding hydrogens is 288 g/mol. The van der Waals surface area contributed by atoms with Gasteiger partial charge in [-0.3, -0.25) is 0 Å². The molecule has 1 aromatic heterocycles. The SMILES string of the molecule is Cc1sc(C(=O)O)cc1S(=O)(=O)N1CCN(C)CC1. The number of likely N-dealkylation sites (N-methyl/N-ethyl adjacent to an activating group) is 1. The second kappa shape index (κ2) is 5.20. The molecule has 0 aliphatic carbocycles. The van der Waals surface area contributed by atoms with E-state index in [1.54, 1.807) is 6.92 Å². The molecule has 1 aromatic rings. The summed E-state index contributed by atoms with van der Waals surface area (Å²) in [7, 11) is -1.63. The topological polar surface area (TPSA) is 77.9 Å². The number of hydrogen-bond acceptors (Lipinski definition) is 5. The molecule has 2 heterocycles. The van der Waals surface area contributed by atoms with E-state index >= 15 is 0 Å². The fourth-order valence-corrected chi connectivity index (χ4v) is 4.82. The summed E-state index contributed by atoms with van der Waals surface area (Å²) in [5.74, 6) is -1.09. The van der Waals surface area contributed by atoms with Gasteiger partial charge in [-0.2, -0.15) is 4.31 Å². The molecule has 1 fully saturated rings. The molecule has 0 unspecified atom stereocenters. The van der Waals surface area contributed by atoms with Gasteiger partial charge in [-0.05, 0) is 20.0 Å². The maximum Gasteiger partial charge on any atom is 0.345 e. The monoisotopic (exact) mass is 304 g/mol. The van der Waals surface area contributed by atoms with Crippen LogP contribution in [0, 0.1) is 6.92 Å². The molecule has 2 rings (SSSR count). The van der Waals surface area contributed by atoms with Gasteiger partial charge in [-0.25, -0.2) is 13.2 Å². The molecule has 1 N–H and O–H groups in total. The number of hydrogen-bond donors (Lipinski definition) is 1. The summed E-state index contributed by atoms with van der Waals surface area (Å²) in [5.41, 5.74) is 0. The highest BCUT2D eigenvalue weighted by atomic mass is 32.2. The average molecular weight is 304 g/mol. The zero-order valence-corrected chi connectivity index (χ0v) is 12.4. The normalized spacial score (nSPS) is 18.6. The smallest absolute Gasteiger partial charge is 0.345 e. The van der Waals surface area contributed by atoms with Gasteiger partial charge < -0.3 is 10.0 Å². The lowest BCUT2D eigenvalue weighted by Gasteiger charge is -2.31. The zero-order valence-electron chi connectivity index (χ0n) is 10.8. The Bertz CT molecular complexity index is 586. The Hall–Kier alpha value is -0.960. The first-order valence-electron chi connectivity index (χ1n) is 5.85. The van der Waals surface area contributed by atoms with Crippen LogP contribution in [-0.4, -0.2) is 61.9 Å². The summed E-state index contributed by atoms with van der Waals surface area (Å²) >= 11 is 0.998. The molecule has 0 aromatic carbocycles. The number of rotatable bonds is 3. The van der Waals surface area contributed by atoms with Crippen molar-refractivity contribution in [3.63, 3.8) is 0 Å². The Labute approximate surface area is 116 Å². The summed E-state index contributed by atoms with van der Waals surface area (Å²) in [6, 6.07) is 1.26. The van der Waals surface area contributed by atoms with Crippen LogP contribution in [0.4, 0.5) is 0 Å². The molecule has 0 amide bonds. The molecule has 6 nitrogen and oxygen atoms in total. The van der Waals surface area contributed by atoms with Crippen molar-refractivity contribution in [2.75, 3.05) is 33.2 Å². The van der Waals surface area contributed by atoms with Crippen LogP contribution in [0.5, 0.6) is 0 Å². The van der Waals surface area contributed by atoms with Gasteiger partial charge in [-0.15, -0.1) is 11.3 Å². The molecule has 0 saturated carbocycles. The number of carbonyl (C=O) groups is 1. The number of nitrogens with zero attached hydrogens (tertiary/aromatic N) is 2. The first-order chi connectivity index (χ1) is 8.82. The van der Waals surface area contributed by atoms with Crippen LogP contribution in [0.2, 0.25) is 0 Å². The molecule has 1 aliphatic heterocycles. The van der Waals surface area contributed by atoms with Gasteiger partial charge in [0.2, 0.25) is 10.0 Å². The van der Waals surface area contributed by atoms with Crippen molar-refractivity contribution in [2.24, 2.45) is 0 Å². The molecule has 19 heavy (non-hydrogen) atoms. The summed E-state index contributed by atoms with van der Waals surface area (Å²) in [6.07, 6.45) is 0. The molecule has 106 valence electrons. The van der Waals surface area contributed by atoms with Crippen LogP contribution >= 0.6 is 11.3 Å². The predicted octanol–water partition coefficient (Wildman–Crippen LogP) is 0.691. The summed E-state index contributed by atoms with van der Waals surface area (Å²) in [4.78, 5) is 13.7. The van der Waals surface area contributed by atoms with Gasteiger partial charge >= 0.3 is 5.97 Å². The van der Waals surface area contributed by atoms with E-state index in [1.807, 2.05) is 7.05 Å². The maximum absolute atomic E-state index is 12.5. The maximum atomic E-state index is 12.5. The first-order valence-corrected chi connectivity index (χ1v) is 8.10. The van der Waals surface area contributed by atoms with E-state index in [0.29, 0.717) is 31.1 Å². The minimum Gasteiger partial charge on any atom is -0.477 e. The van der Waals surface area contributed by atoms with Crippen LogP contribution in [0.25, 0.3) is 0 Å². The number of piperazine rings is 1. The highest BCUT2D eigenvalue weighted by molar-refractivity contribution is 7.89. The predicted molar refractivity (Wildman–Crippen MR) is 72.3 cm³/mol. The molecule has 0 atom stereocenters. The third kappa shape index (κ3) is 2.81. The van der Waals surface area contributed by atoms with Crippen molar-refractivity contribution in [2.45, 2.75) is 11.8 Å². The van der Waals surface area contributed by atoms with Crippen LogP contribution < -0.4 is 0 Å². The lowest BCUT2D eigenvalue weighted by molar-refractivity contribution is 0.0702. The third-order valence-electron chi connectivity index (χ3n) is 3.16. The lowest BCUT2D eigenvalue weighted by Crippen LogP contribution is -2.47. The second-order valence-electron chi connectivity index (χ2n) is 4.54. The highest BCUT2D eigenvalue weighted by Gasteiger charge is 2.30. The van der Waals surface area contributed by atoms with Gasteiger partial charge in [0, 0.05) is 31.1 Å². The zero-order chi connectivity index (χ0) is 14.2. The van der Waals surface area contributed by atoms with Crippen molar-refractivity contribution in [1.82, 2.24) is 9.21 Å². The molecule has 0 radical (unpaired) electrons. The fraction of sp³-hybridized carbons (Fsp3) is 0.545. The van der Waals surface area contributed by atoms with E-state index in [-0.39, 0.29) is 9.77 Å².